The molecule has 1 aromatic carbocycles. The van der Waals surface area contributed by atoms with Crippen LogP contribution in [-0.2, 0) is 9.59 Å². The summed E-state index contributed by atoms with van der Waals surface area (Å²) in [7, 11) is 1.56. The number of hydrogen-bond donors (Lipinski definition) is 2. The van der Waals surface area contributed by atoms with E-state index in [0.29, 0.717) is 20.5 Å². The van der Waals surface area contributed by atoms with Crippen molar-refractivity contribution in [3.8, 4) is 5.75 Å². The van der Waals surface area contributed by atoms with E-state index in [1.807, 2.05) is 18.2 Å². The fraction of sp³-hybridized carbons (Fsp3) is 0.150. The number of carbonyl (C=O) groups excluding carboxylic acids is 3. The Balaban J connectivity index is 1.55. The lowest BCUT2D eigenvalue weighted by Gasteiger charge is -2.14. The quantitative estimate of drug-likeness (QED) is 0.402. The molecule has 10 heteroatoms. The lowest BCUT2D eigenvalue weighted by molar-refractivity contribution is -0.124. The van der Waals surface area contributed by atoms with Crippen molar-refractivity contribution >= 4 is 52.1 Å². The Hall–Kier alpha value is -3.24. The molecule has 1 aliphatic heterocycles. The van der Waals surface area contributed by atoms with Gasteiger partial charge in [0, 0.05) is 36.5 Å². The smallest absolute Gasteiger partial charge is 0.269 e. The summed E-state index contributed by atoms with van der Waals surface area (Å²) in [5.74, 6) is -0.534. The van der Waals surface area contributed by atoms with Gasteiger partial charge in [0.15, 0.2) is 0 Å². The first-order chi connectivity index (χ1) is 14.5. The third kappa shape index (κ3) is 5.22. The molecule has 0 bridgehead atoms. The Morgan fingerprint density at radius 1 is 1.20 bits per heavy atom. The van der Waals surface area contributed by atoms with Crippen molar-refractivity contribution in [2.45, 2.75) is 6.42 Å². The van der Waals surface area contributed by atoms with Crippen LogP contribution in [0, 0.1) is 0 Å². The van der Waals surface area contributed by atoms with Crippen LogP contribution in [0.2, 0.25) is 0 Å². The van der Waals surface area contributed by atoms with Crippen molar-refractivity contribution in [2.24, 2.45) is 0 Å². The van der Waals surface area contributed by atoms with Crippen LogP contribution in [0.15, 0.2) is 53.7 Å². The largest absolute Gasteiger partial charge is 0.496 e. The second-order valence-corrected chi connectivity index (χ2v) is 7.74. The number of thiocarbonyl (C=S) groups is 1. The summed E-state index contributed by atoms with van der Waals surface area (Å²) in [6.45, 7) is 0.102. The van der Waals surface area contributed by atoms with Gasteiger partial charge in [0.2, 0.25) is 5.91 Å². The minimum Gasteiger partial charge on any atom is -0.496 e. The molecule has 3 rings (SSSR count). The number of pyridine rings is 1. The third-order valence-corrected chi connectivity index (χ3v) is 5.50. The highest BCUT2D eigenvalue weighted by molar-refractivity contribution is 8.26. The molecule has 2 heterocycles. The summed E-state index contributed by atoms with van der Waals surface area (Å²) in [6, 6.07) is 10.4. The van der Waals surface area contributed by atoms with Gasteiger partial charge in [0.25, 0.3) is 11.8 Å². The average Bonchev–Trinajstić information content (AvgIpc) is 3.03. The standard InChI is InChI=1S/C20H18N4O4S2/c1-28-15-5-3-2-4-14(15)12-16-19(27)24(20(29)30-16)11-8-17(25)22-23-18(26)13-6-9-21-10-7-13/h2-7,9-10,12H,8,11H2,1H3,(H,22,25)(H,23,26). The SMILES string of the molecule is COc1ccccc1C=C1SC(=S)N(CCC(=O)NNC(=O)c2ccncc2)C1=O. The summed E-state index contributed by atoms with van der Waals surface area (Å²) < 4.78 is 5.67. The predicted octanol–water partition coefficient (Wildman–Crippen LogP) is 2.14. The summed E-state index contributed by atoms with van der Waals surface area (Å²) >= 11 is 6.45. The minimum absolute atomic E-state index is 0.0228. The van der Waals surface area contributed by atoms with Gasteiger partial charge in [0.1, 0.15) is 10.1 Å². The molecule has 0 aliphatic carbocycles. The number of methoxy groups -OCH3 is 1. The van der Waals surface area contributed by atoms with Gasteiger partial charge in [-0.25, -0.2) is 0 Å². The highest BCUT2D eigenvalue weighted by Gasteiger charge is 2.32. The van der Waals surface area contributed by atoms with Gasteiger partial charge in [-0.3, -0.25) is 35.1 Å². The maximum atomic E-state index is 12.7. The van der Waals surface area contributed by atoms with E-state index in [4.69, 9.17) is 17.0 Å². The van der Waals surface area contributed by atoms with Gasteiger partial charge < -0.3 is 4.74 Å². The second kappa shape index (κ2) is 9.99. The monoisotopic (exact) mass is 442 g/mol. The molecular weight excluding hydrogens is 424 g/mol. The maximum Gasteiger partial charge on any atom is 0.269 e. The summed E-state index contributed by atoms with van der Waals surface area (Å²) in [4.78, 5) is 42.3. The third-order valence-electron chi connectivity index (χ3n) is 4.12. The first-order valence-corrected chi connectivity index (χ1v) is 10.1. The molecule has 0 spiro atoms. The molecule has 3 amide bonds. The van der Waals surface area contributed by atoms with E-state index >= 15 is 0 Å². The molecule has 0 saturated carbocycles. The summed E-state index contributed by atoms with van der Waals surface area (Å²) in [5.41, 5.74) is 5.77. The normalized spacial score (nSPS) is 14.7. The zero-order valence-corrected chi connectivity index (χ0v) is 17.6. The molecule has 30 heavy (non-hydrogen) atoms. The van der Waals surface area contributed by atoms with Gasteiger partial charge in [-0.1, -0.05) is 42.2 Å². The van der Waals surface area contributed by atoms with Crippen LogP contribution in [0.5, 0.6) is 5.75 Å². The molecule has 8 nitrogen and oxygen atoms in total. The Kier molecular flexibility index (Phi) is 7.15. The van der Waals surface area contributed by atoms with Crippen molar-refractivity contribution in [3.63, 3.8) is 0 Å². The molecular formula is C20H18N4O4S2. The van der Waals surface area contributed by atoms with Crippen LogP contribution >= 0.6 is 24.0 Å². The number of ether oxygens (including phenoxy) is 1. The van der Waals surface area contributed by atoms with E-state index in [2.05, 4.69) is 15.8 Å². The second-order valence-electron chi connectivity index (χ2n) is 6.06. The molecule has 0 unspecified atom stereocenters. The van der Waals surface area contributed by atoms with Crippen LogP contribution < -0.4 is 15.6 Å². The number of benzene rings is 1. The Bertz CT molecular complexity index is 1010. The van der Waals surface area contributed by atoms with Crippen LogP contribution in [0.25, 0.3) is 6.08 Å². The van der Waals surface area contributed by atoms with Crippen LogP contribution in [0.4, 0.5) is 0 Å². The van der Waals surface area contributed by atoms with Gasteiger partial charge in [-0.15, -0.1) is 0 Å². The lowest BCUT2D eigenvalue weighted by Crippen LogP contribution is -2.43. The number of thioether (sulfide) groups is 1. The molecule has 1 aliphatic rings. The molecule has 0 radical (unpaired) electrons. The zero-order chi connectivity index (χ0) is 21.5. The number of rotatable bonds is 6. The van der Waals surface area contributed by atoms with Gasteiger partial charge in [-0.05, 0) is 24.3 Å². The first-order valence-electron chi connectivity index (χ1n) is 8.87. The number of nitrogens with one attached hydrogen (secondary N) is 2. The van der Waals surface area contributed by atoms with Crippen molar-refractivity contribution < 1.29 is 19.1 Å². The summed E-state index contributed by atoms with van der Waals surface area (Å²) in [5, 5.41) is 0. The van der Waals surface area contributed by atoms with Crippen molar-refractivity contribution in [1.82, 2.24) is 20.7 Å². The molecule has 1 saturated heterocycles. The van der Waals surface area contributed by atoms with Crippen LogP contribution in [0.1, 0.15) is 22.3 Å². The Morgan fingerprint density at radius 3 is 2.67 bits per heavy atom. The average molecular weight is 443 g/mol. The van der Waals surface area contributed by atoms with Crippen molar-refractivity contribution in [2.75, 3.05) is 13.7 Å². The predicted molar refractivity (Wildman–Crippen MR) is 117 cm³/mol. The first kappa shape index (κ1) is 21.5. The molecule has 2 aromatic rings. The van der Waals surface area contributed by atoms with E-state index in [-0.39, 0.29) is 18.9 Å². The maximum absolute atomic E-state index is 12.7. The molecule has 0 atom stereocenters. The summed E-state index contributed by atoms with van der Waals surface area (Å²) in [6.07, 6.45) is 4.65. The number of hydrogen-bond acceptors (Lipinski definition) is 7. The van der Waals surface area contributed by atoms with Gasteiger partial charge >= 0.3 is 0 Å². The van der Waals surface area contributed by atoms with Crippen LogP contribution in [0.3, 0.4) is 0 Å². The highest BCUT2D eigenvalue weighted by atomic mass is 32.2. The van der Waals surface area contributed by atoms with E-state index in [1.54, 1.807) is 19.3 Å². The van der Waals surface area contributed by atoms with E-state index in [0.717, 1.165) is 5.56 Å². The van der Waals surface area contributed by atoms with Crippen molar-refractivity contribution in [3.05, 3.63) is 64.8 Å². The minimum atomic E-state index is -0.462. The molecule has 1 fully saturated rings. The number of para-hydroxylation sites is 1. The topological polar surface area (TPSA) is 101 Å². The van der Waals surface area contributed by atoms with Crippen molar-refractivity contribution in [1.29, 1.82) is 0 Å². The number of carbonyl (C=O) groups is 3. The zero-order valence-electron chi connectivity index (χ0n) is 16.0. The van der Waals surface area contributed by atoms with Gasteiger partial charge in [-0.2, -0.15) is 0 Å². The molecule has 154 valence electrons. The Morgan fingerprint density at radius 2 is 1.93 bits per heavy atom. The number of hydrazine groups is 1. The van der Waals surface area contributed by atoms with E-state index in [1.165, 1.54) is 41.2 Å². The van der Waals surface area contributed by atoms with Crippen LogP contribution in [-0.4, -0.2) is 45.6 Å². The van der Waals surface area contributed by atoms with E-state index < -0.39 is 11.8 Å². The highest BCUT2D eigenvalue weighted by Crippen LogP contribution is 2.34. The molecule has 1 aromatic heterocycles. The lowest BCUT2D eigenvalue weighted by atomic mass is 10.2. The number of amides is 3. The number of nitrogens with zero attached hydrogens (tertiary/aromatic N) is 2. The molecule has 2 N–H and O–H groups in total. The van der Waals surface area contributed by atoms with Gasteiger partial charge in [0.05, 0.1) is 12.0 Å². The fourth-order valence-electron chi connectivity index (χ4n) is 2.60. The fourth-order valence-corrected chi connectivity index (χ4v) is 3.90. The Labute approximate surface area is 182 Å². The number of aromatic nitrogens is 1. The van der Waals surface area contributed by atoms with E-state index in [9.17, 15) is 14.4 Å².